The van der Waals surface area contributed by atoms with E-state index in [1.165, 1.54) is 36.8 Å². The van der Waals surface area contributed by atoms with Gasteiger partial charge in [0.1, 0.15) is 23.9 Å². The number of carbonyl (C=O) groups is 5. The minimum Gasteiger partial charge on any atom is -0.508 e. The SMILES string of the molecule is NCCCCC(N)C(=O)NC(Cc1cnc[nH]1)C(=O)NC(Cc1ccc(O)cc1)C(=O)NC(CC(N)=O)C(=O)O. The van der Waals surface area contributed by atoms with Crippen LogP contribution >= 0.6 is 0 Å². The molecule has 0 saturated carbocycles. The summed E-state index contributed by atoms with van der Waals surface area (Å²) in [5.41, 5.74) is 17.6. The summed E-state index contributed by atoms with van der Waals surface area (Å²) >= 11 is 0. The number of aliphatic carboxylic acids is 1. The van der Waals surface area contributed by atoms with Crippen LogP contribution in [0.15, 0.2) is 36.8 Å². The number of amides is 4. The van der Waals surface area contributed by atoms with Crippen LogP contribution in [-0.2, 0) is 36.8 Å². The number of carboxylic acids is 1. The molecule has 1 aromatic carbocycles. The number of aromatic amines is 1. The average molecular weight is 561 g/mol. The zero-order valence-electron chi connectivity index (χ0n) is 21.8. The summed E-state index contributed by atoms with van der Waals surface area (Å²) < 4.78 is 0. The van der Waals surface area contributed by atoms with Gasteiger partial charge < -0.3 is 48.3 Å². The van der Waals surface area contributed by atoms with Crippen molar-refractivity contribution in [3.05, 3.63) is 48.0 Å². The van der Waals surface area contributed by atoms with Crippen LogP contribution in [-0.4, -0.2) is 80.5 Å². The number of hydrogen-bond acceptors (Lipinski definition) is 9. The summed E-state index contributed by atoms with van der Waals surface area (Å²) in [6.07, 6.45) is 3.73. The fraction of sp³-hybridized carbons (Fsp3) is 0.440. The molecule has 2 rings (SSSR count). The molecule has 12 N–H and O–H groups in total. The largest absolute Gasteiger partial charge is 0.508 e. The maximum Gasteiger partial charge on any atom is 0.326 e. The molecule has 0 radical (unpaired) electrons. The van der Waals surface area contributed by atoms with E-state index >= 15 is 0 Å². The van der Waals surface area contributed by atoms with Gasteiger partial charge >= 0.3 is 5.97 Å². The molecule has 0 spiro atoms. The lowest BCUT2D eigenvalue weighted by atomic mass is 10.0. The Morgan fingerprint density at radius 3 is 2.05 bits per heavy atom. The Labute approximate surface area is 230 Å². The molecule has 15 heteroatoms. The molecule has 1 heterocycles. The summed E-state index contributed by atoms with van der Waals surface area (Å²) in [5, 5.41) is 26.4. The zero-order chi connectivity index (χ0) is 29.7. The summed E-state index contributed by atoms with van der Waals surface area (Å²) in [4.78, 5) is 68.9. The number of benzene rings is 1. The van der Waals surface area contributed by atoms with Crippen LogP contribution in [0.4, 0.5) is 0 Å². The number of nitrogens with zero attached hydrogens (tertiary/aromatic N) is 1. The van der Waals surface area contributed by atoms with Crippen molar-refractivity contribution in [1.29, 1.82) is 0 Å². The molecule has 15 nitrogen and oxygen atoms in total. The predicted octanol–water partition coefficient (Wildman–Crippen LogP) is -2.23. The predicted molar refractivity (Wildman–Crippen MR) is 142 cm³/mol. The van der Waals surface area contributed by atoms with E-state index in [2.05, 4.69) is 25.9 Å². The van der Waals surface area contributed by atoms with Crippen molar-refractivity contribution in [3.8, 4) is 5.75 Å². The number of nitrogens with two attached hydrogens (primary N) is 3. The number of hydrogen-bond donors (Lipinski definition) is 9. The van der Waals surface area contributed by atoms with Crippen molar-refractivity contribution in [1.82, 2.24) is 25.9 Å². The van der Waals surface area contributed by atoms with E-state index in [1.807, 2.05) is 0 Å². The number of rotatable bonds is 17. The van der Waals surface area contributed by atoms with Crippen molar-refractivity contribution in [2.45, 2.75) is 62.7 Å². The number of primary amides is 1. The second-order valence-corrected chi connectivity index (χ2v) is 9.23. The number of aromatic hydroxyl groups is 1. The minimum atomic E-state index is -1.63. The molecule has 0 fully saturated rings. The second-order valence-electron chi connectivity index (χ2n) is 9.23. The highest BCUT2D eigenvalue weighted by Gasteiger charge is 2.31. The summed E-state index contributed by atoms with van der Waals surface area (Å²) in [6.45, 7) is 0.450. The molecular formula is C25H36N8O7. The average Bonchev–Trinajstić information content (AvgIpc) is 3.41. The molecule has 4 unspecified atom stereocenters. The molecule has 1 aromatic heterocycles. The molecule has 0 bridgehead atoms. The van der Waals surface area contributed by atoms with Gasteiger partial charge in [-0.05, 0) is 37.1 Å². The van der Waals surface area contributed by atoms with Crippen LogP contribution in [0, 0.1) is 0 Å². The number of imidazole rings is 1. The third-order valence-corrected chi connectivity index (χ3v) is 5.95. The number of nitrogens with one attached hydrogen (secondary N) is 4. The topological polar surface area (TPSA) is 269 Å². The van der Waals surface area contributed by atoms with Crippen molar-refractivity contribution in [3.63, 3.8) is 0 Å². The molecule has 0 aliphatic carbocycles. The van der Waals surface area contributed by atoms with E-state index in [0.29, 0.717) is 37.1 Å². The molecule has 40 heavy (non-hydrogen) atoms. The number of carboxylic acid groups (broad SMARTS) is 1. The van der Waals surface area contributed by atoms with E-state index in [4.69, 9.17) is 17.2 Å². The van der Waals surface area contributed by atoms with E-state index in [9.17, 15) is 34.2 Å². The van der Waals surface area contributed by atoms with Gasteiger partial charge in [0, 0.05) is 24.7 Å². The van der Waals surface area contributed by atoms with Gasteiger partial charge in [0.15, 0.2) is 0 Å². The van der Waals surface area contributed by atoms with Crippen LogP contribution in [0.25, 0.3) is 0 Å². The normalized spacial score (nSPS) is 13.8. The van der Waals surface area contributed by atoms with Crippen LogP contribution in [0.1, 0.15) is 36.9 Å². The highest BCUT2D eigenvalue weighted by atomic mass is 16.4. The number of carbonyl (C=O) groups excluding carboxylic acids is 4. The first-order valence-corrected chi connectivity index (χ1v) is 12.6. The van der Waals surface area contributed by atoms with Gasteiger partial charge in [0.25, 0.3) is 0 Å². The number of aromatic nitrogens is 2. The van der Waals surface area contributed by atoms with Crippen LogP contribution in [0.5, 0.6) is 5.75 Å². The van der Waals surface area contributed by atoms with Crippen LogP contribution < -0.4 is 33.2 Å². The molecule has 2 aromatic rings. The highest BCUT2D eigenvalue weighted by Crippen LogP contribution is 2.12. The maximum absolute atomic E-state index is 13.4. The lowest BCUT2D eigenvalue weighted by molar-refractivity contribution is -0.143. The van der Waals surface area contributed by atoms with E-state index in [-0.39, 0.29) is 18.6 Å². The third kappa shape index (κ3) is 10.7. The molecule has 4 atom stereocenters. The van der Waals surface area contributed by atoms with Gasteiger partial charge in [-0.25, -0.2) is 9.78 Å². The summed E-state index contributed by atoms with van der Waals surface area (Å²) in [7, 11) is 0. The Hall–Kier alpha value is -4.50. The molecule has 0 saturated heterocycles. The van der Waals surface area contributed by atoms with Crippen molar-refractivity contribution in [2.75, 3.05) is 6.54 Å². The van der Waals surface area contributed by atoms with Gasteiger partial charge in [-0.15, -0.1) is 0 Å². The smallest absolute Gasteiger partial charge is 0.326 e. The third-order valence-electron chi connectivity index (χ3n) is 5.95. The number of phenolic OH excluding ortho intramolecular Hbond substituents is 1. The standard InChI is InChI=1S/C25H36N8O7/c26-8-2-1-3-17(27)22(36)31-19(10-15-12-29-13-30-15)24(38)32-18(9-14-4-6-16(34)7-5-14)23(37)33-20(25(39)40)11-21(28)35/h4-7,12-13,17-20,34H,1-3,8-11,26-27H2,(H2,28,35)(H,29,30)(H,31,36)(H,32,38)(H,33,37)(H,39,40). The van der Waals surface area contributed by atoms with Crippen molar-refractivity contribution < 1.29 is 34.2 Å². The fourth-order valence-corrected chi connectivity index (χ4v) is 3.77. The highest BCUT2D eigenvalue weighted by molar-refractivity contribution is 5.95. The van der Waals surface area contributed by atoms with E-state index in [1.54, 1.807) is 0 Å². The molecule has 4 amide bonds. The Morgan fingerprint density at radius 1 is 0.900 bits per heavy atom. The summed E-state index contributed by atoms with van der Waals surface area (Å²) in [5.74, 6) is -4.69. The number of H-pyrrole nitrogens is 1. The fourth-order valence-electron chi connectivity index (χ4n) is 3.77. The van der Waals surface area contributed by atoms with E-state index < -0.39 is 60.2 Å². The van der Waals surface area contributed by atoms with Gasteiger partial charge in [0.2, 0.25) is 23.6 Å². The molecule has 218 valence electrons. The van der Waals surface area contributed by atoms with Crippen molar-refractivity contribution >= 4 is 29.6 Å². The van der Waals surface area contributed by atoms with Gasteiger partial charge in [-0.2, -0.15) is 0 Å². The maximum atomic E-state index is 13.4. The summed E-state index contributed by atoms with van der Waals surface area (Å²) in [6, 6.07) is 0.768. The Morgan fingerprint density at radius 2 is 1.50 bits per heavy atom. The molecule has 0 aliphatic rings. The van der Waals surface area contributed by atoms with Crippen LogP contribution in [0.3, 0.4) is 0 Å². The Kier molecular flexibility index (Phi) is 12.5. The van der Waals surface area contributed by atoms with Crippen molar-refractivity contribution in [2.24, 2.45) is 17.2 Å². The quantitative estimate of drug-likeness (QED) is 0.0939. The van der Waals surface area contributed by atoms with Crippen LogP contribution in [0.2, 0.25) is 0 Å². The van der Waals surface area contributed by atoms with Gasteiger partial charge in [-0.1, -0.05) is 18.6 Å². The van der Waals surface area contributed by atoms with Gasteiger partial charge in [-0.3, -0.25) is 19.2 Å². The monoisotopic (exact) mass is 560 g/mol. The first-order chi connectivity index (χ1) is 19.0. The molecular weight excluding hydrogens is 524 g/mol. The first-order valence-electron chi connectivity index (χ1n) is 12.6. The zero-order valence-corrected chi connectivity index (χ0v) is 21.8. The second kappa shape index (κ2) is 15.8. The first kappa shape index (κ1) is 31.7. The number of unbranched alkanes of at least 4 members (excludes halogenated alkanes) is 1. The molecule has 0 aliphatic heterocycles. The van der Waals surface area contributed by atoms with E-state index in [0.717, 1.165) is 0 Å². The van der Waals surface area contributed by atoms with Gasteiger partial charge in [0.05, 0.1) is 18.8 Å². The lowest BCUT2D eigenvalue weighted by Gasteiger charge is -2.25. The minimum absolute atomic E-state index is 0.0138. The Bertz CT molecular complexity index is 1140. The number of phenols is 1. The lowest BCUT2D eigenvalue weighted by Crippen LogP contribution is -2.58. The Balaban J connectivity index is 2.27.